The molecule has 0 spiro atoms. The standard InChI is InChI=1S/C36H36Cl2N8O3/c1-49-36-21(14-39-18-24-9-12-31(47)43-24)8-11-30(45-36)29-7-3-6-28(34(29)38)27-5-2-4-26(33(27)37)23-16-41-35-22(17-42-46(35)20-23)15-40-19-25-10-13-32(48)44-25/h2-8,11,16-17,20,24-25,39-40H,9-10,12-15,18-19H2,1H3,(H,43,47)(H,44,48)/t24-,25+/m0/s1. The number of pyridine rings is 1. The van der Waals surface area contributed by atoms with Gasteiger partial charge in [0, 0.05) is 102 Å². The van der Waals surface area contributed by atoms with Gasteiger partial charge in [0.05, 0.1) is 29.0 Å². The molecule has 11 nitrogen and oxygen atoms in total. The minimum Gasteiger partial charge on any atom is -0.481 e. The van der Waals surface area contributed by atoms with Crippen molar-refractivity contribution in [1.82, 2.24) is 40.8 Å². The fourth-order valence-electron chi connectivity index (χ4n) is 6.44. The van der Waals surface area contributed by atoms with Crippen molar-refractivity contribution in [3.63, 3.8) is 0 Å². The number of nitrogens with zero attached hydrogens (tertiary/aromatic N) is 4. The van der Waals surface area contributed by atoms with Gasteiger partial charge in [-0.1, -0.05) is 65.7 Å². The van der Waals surface area contributed by atoms with Gasteiger partial charge in [0.2, 0.25) is 17.7 Å². The first-order chi connectivity index (χ1) is 23.9. The summed E-state index contributed by atoms with van der Waals surface area (Å²) in [5.41, 5.74) is 7.22. The Labute approximate surface area is 293 Å². The lowest BCUT2D eigenvalue weighted by atomic mass is 9.97. The van der Waals surface area contributed by atoms with Gasteiger partial charge in [-0.2, -0.15) is 5.10 Å². The van der Waals surface area contributed by atoms with Crippen LogP contribution in [0.15, 0.2) is 67.1 Å². The van der Waals surface area contributed by atoms with E-state index >= 15 is 0 Å². The number of amides is 2. The number of nitrogens with one attached hydrogen (secondary N) is 4. The molecule has 2 fully saturated rings. The van der Waals surface area contributed by atoms with Crippen LogP contribution in [0.3, 0.4) is 0 Å². The number of carbonyl (C=O) groups excluding carboxylic acids is 2. The van der Waals surface area contributed by atoms with Crippen molar-refractivity contribution in [2.75, 3.05) is 20.2 Å². The molecule has 0 radical (unpaired) electrons. The lowest BCUT2D eigenvalue weighted by molar-refractivity contribution is -0.120. The normalized spacial score (nSPS) is 17.4. The number of fused-ring (bicyclic) bond motifs is 1. The van der Waals surface area contributed by atoms with Gasteiger partial charge in [-0.25, -0.2) is 14.5 Å². The predicted molar refractivity (Wildman–Crippen MR) is 189 cm³/mol. The molecule has 2 atom stereocenters. The zero-order chi connectivity index (χ0) is 33.9. The second-order valence-electron chi connectivity index (χ2n) is 12.3. The van der Waals surface area contributed by atoms with E-state index in [1.54, 1.807) is 24.0 Å². The van der Waals surface area contributed by atoms with Crippen LogP contribution < -0.4 is 26.0 Å². The summed E-state index contributed by atoms with van der Waals surface area (Å²) in [6.45, 7) is 2.52. The fraction of sp³-hybridized carbons (Fsp3) is 0.306. The zero-order valence-corrected chi connectivity index (χ0v) is 28.4. The maximum absolute atomic E-state index is 11.5. The van der Waals surface area contributed by atoms with Gasteiger partial charge in [-0.3, -0.25) is 9.59 Å². The third-order valence-corrected chi connectivity index (χ3v) is 9.83. The third-order valence-electron chi connectivity index (χ3n) is 9.02. The molecule has 2 amide bonds. The fourth-order valence-corrected chi connectivity index (χ4v) is 7.10. The quantitative estimate of drug-likeness (QED) is 0.140. The lowest BCUT2D eigenvalue weighted by Crippen LogP contribution is -2.35. The van der Waals surface area contributed by atoms with Gasteiger partial charge in [0.1, 0.15) is 0 Å². The highest BCUT2D eigenvalue weighted by Crippen LogP contribution is 2.42. The number of hydrogen-bond donors (Lipinski definition) is 4. The summed E-state index contributed by atoms with van der Waals surface area (Å²) < 4.78 is 7.40. The van der Waals surface area contributed by atoms with Crippen LogP contribution in [0.2, 0.25) is 10.0 Å². The summed E-state index contributed by atoms with van der Waals surface area (Å²) in [6, 6.07) is 15.9. The van der Waals surface area contributed by atoms with E-state index in [1.165, 1.54) is 0 Å². The molecular weight excluding hydrogens is 663 g/mol. The van der Waals surface area contributed by atoms with Crippen LogP contribution in [-0.4, -0.2) is 63.7 Å². The van der Waals surface area contributed by atoms with E-state index in [4.69, 9.17) is 37.9 Å². The summed E-state index contributed by atoms with van der Waals surface area (Å²) in [4.78, 5) is 32.5. The Kier molecular flexibility index (Phi) is 9.77. The Morgan fingerprint density at radius 1 is 0.816 bits per heavy atom. The van der Waals surface area contributed by atoms with Crippen molar-refractivity contribution in [2.24, 2.45) is 0 Å². The van der Waals surface area contributed by atoms with Crippen molar-refractivity contribution in [2.45, 2.75) is 50.9 Å². The van der Waals surface area contributed by atoms with E-state index in [0.29, 0.717) is 60.6 Å². The zero-order valence-electron chi connectivity index (χ0n) is 26.9. The Bertz CT molecular complexity index is 2030. The Hall–Kier alpha value is -4.55. The summed E-state index contributed by atoms with van der Waals surface area (Å²) >= 11 is 14.2. The largest absolute Gasteiger partial charge is 0.481 e. The summed E-state index contributed by atoms with van der Waals surface area (Å²) in [7, 11) is 1.60. The minimum absolute atomic E-state index is 0.0995. The van der Waals surface area contributed by atoms with E-state index in [0.717, 1.165) is 57.4 Å². The van der Waals surface area contributed by atoms with Gasteiger partial charge < -0.3 is 26.0 Å². The van der Waals surface area contributed by atoms with Crippen molar-refractivity contribution in [1.29, 1.82) is 0 Å². The van der Waals surface area contributed by atoms with E-state index in [1.807, 2.05) is 54.7 Å². The van der Waals surface area contributed by atoms with Crippen molar-refractivity contribution in [3.05, 3.63) is 88.3 Å². The monoisotopic (exact) mass is 698 g/mol. The molecule has 252 valence electrons. The molecule has 0 bridgehead atoms. The number of rotatable bonds is 12. The van der Waals surface area contributed by atoms with Crippen molar-refractivity contribution >= 4 is 40.7 Å². The van der Waals surface area contributed by atoms with Crippen LogP contribution in [-0.2, 0) is 22.7 Å². The number of hydrogen-bond acceptors (Lipinski definition) is 8. The van der Waals surface area contributed by atoms with Gasteiger partial charge in [-0.15, -0.1) is 0 Å². The van der Waals surface area contributed by atoms with Crippen molar-refractivity contribution in [3.8, 4) is 39.4 Å². The topological polar surface area (TPSA) is 135 Å². The van der Waals surface area contributed by atoms with Crippen molar-refractivity contribution < 1.29 is 14.3 Å². The van der Waals surface area contributed by atoms with E-state index < -0.39 is 0 Å². The molecule has 2 saturated heterocycles. The van der Waals surface area contributed by atoms with Gasteiger partial charge in [-0.05, 0) is 18.9 Å². The number of carbonyl (C=O) groups is 2. The molecule has 5 aromatic rings. The van der Waals surface area contributed by atoms with Crippen LogP contribution in [0.5, 0.6) is 5.88 Å². The second kappa shape index (κ2) is 14.5. The maximum atomic E-state index is 11.5. The third kappa shape index (κ3) is 7.11. The molecule has 3 aromatic heterocycles. The first-order valence-electron chi connectivity index (χ1n) is 16.3. The Morgan fingerprint density at radius 2 is 1.43 bits per heavy atom. The molecule has 0 aliphatic carbocycles. The first-order valence-corrected chi connectivity index (χ1v) is 17.1. The highest BCUT2D eigenvalue weighted by molar-refractivity contribution is 6.39. The molecule has 0 saturated carbocycles. The molecule has 4 N–H and O–H groups in total. The van der Waals surface area contributed by atoms with Crippen LogP contribution >= 0.6 is 23.2 Å². The molecular formula is C36H36Cl2N8O3. The molecule has 2 aromatic carbocycles. The first kappa shape index (κ1) is 33.0. The average Bonchev–Trinajstić information content (AvgIpc) is 3.84. The highest BCUT2D eigenvalue weighted by atomic mass is 35.5. The summed E-state index contributed by atoms with van der Waals surface area (Å²) in [6.07, 6.45) is 8.36. The Balaban J connectivity index is 1.09. The lowest BCUT2D eigenvalue weighted by Gasteiger charge is -2.15. The number of halogens is 2. The SMILES string of the molecule is COc1nc(-c2cccc(-c3cccc(-c4cnc5c(CNC[C@H]6CCC(=O)N6)cnn5c4)c3Cl)c2Cl)ccc1CNC[C@@H]1CCC(=O)N1. The molecule has 2 aliphatic rings. The minimum atomic E-state index is 0.0995. The highest BCUT2D eigenvalue weighted by Gasteiger charge is 2.22. The average molecular weight is 700 g/mol. The van der Waals surface area contributed by atoms with Gasteiger partial charge in [0.15, 0.2) is 5.65 Å². The van der Waals surface area contributed by atoms with Crippen LogP contribution in [0.25, 0.3) is 39.2 Å². The molecule has 7 rings (SSSR count). The number of aromatic nitrogens is 4. The van der Waals surface area contributed by atoms with Crippen LogP contribution in [0.4, 0.5) is 0 Å². The van der Waals surface area contributed by atoms with Gasteiger partial charge >= 0.3 is 0 Å². The van der Waals surface area contributed by atoms with E-state index in [-0.39, 0.29) is 23.9 Å². The van der Waals surface area contributed by atoms with E-state index in [2.05, 4.69) is 26.4 Å². The molecule has 0 unspecified atom stereocenters. The molecule has 49 heavy (non-hydrogen) atoms. The van der Waals surface area contributed by atoms with Crippen LogP contribution in [0, 0.1) is 0 Å². The number of methoxy groups -OCH3 is 1. The predicted octanol–water partition coefficient (Wildman–Crippen LogP) is 5.18. The number of benzene rings is 2. The van der Waals surface area contributed by atoms with Gasteiger partial charge in [0.25, 0.3) is 0 Å². The molecule has 5 heterocycles. The second-order valence-corrected chi connectivity index (χ2v) is 13.1. The Morgan fingerprint density at radius 3 is 2.06 bits per heavy atom. The maximum Gasteiger partial charge on any atom is 0.220 e. The summed E-state index contributed by atoms with van der Waals surface area (Å²) in [5.74, 6) is 0.711. The molecule has 13 heteroatoms. The van der Waals surface area contributed by atoms with Crippen LogP contribution in [0.1, 0.15) is 36.8 Å². The molecule has 2 aliphatic heterocycles. The number of ether oxygens (including phenoxy) is 1. The smallest absolute Gasteiger partial charge is 0.220 e. The summed E-state index contributed by atoms with van der Waals surface area (Å²) in [5, 5.41) is 18.4. The van der Waals surface area contributed by atoms with E-state index in [9.17, 15) is 9.59 Å².